The lowest BCUT2D eigenvalue weighted by molar-refractivity contribution is -0.116. The van der Waals surface area contributed by atoms with E-state index in [1.807, 2.05) is 25.1 Å². The van der Waals surface area contributed by atoms with E-state index in [0.717, 1.165) is 18.5 Å². The van der Waals surface area contributed by atoms with Crippen LogP contribution in [0.15, 0.2) is 41.9 Å². The zero-order valence-corrected chi connectivity index (χ0v) is 13.6. The molecule has 0 aliphatic carbocycles. The summed E-state index contributed by atoms with van der Waals surface area (Å²) in [5, 5.41) is 17.2. The summed E-state index contributed by atoms with van der Waals surface area (Å²) in [6.45, 7) is 1.87. The van der Waals surface area contributed by atoms with E-state index in [9.17, 15) is 4.79 Å². The summed E-state index contributed by atoms with van der Waals surface area (Å²) in [5.41, 5.74) is 0.833. The number of rotatable bonds is 6. The molecule has 7 heteroatoms. The number of hydrogen-bond acceptors (Lipinski definition) is 5. The number of nitrogens with one attached hydrogen (secondary N) is 1. The van der Waals surface area contributed by atoms with Gasteiger partial charge in [0, 0.05) is 17.4 Å². The Balaban J connectivity index is 1.58. The van der Waals surface area contributed by atoms with Crippen molar-refractivity contribution in [3.63, 3.8) is 0 Å². The van der Waals surface area contributed by atoms with E-state index in [0.29, 0.717) is 18.1 Å². The average molecular weight is 327 g/mol. The molecule has 0 aliphatic heterocycles. The second kappa shape index (κ2) is 7.15. The Bertz CT molecular complexity index is 764. The van der Waals surface area contributed by atoms with Crippen LogP contribution in [-0.2, 0) is 11.2 Å². The fourth-order valence-electron chi connectivity index (χ4n) is 2.17. The highest BCUT2D eigenvalue weighted by Crippen LogP contribution is 2.15. The van der Waals surface area contributed by atoms with Crippen LogP contribution in [0, 0.1) is 6.92 Å². The van der Waals surface area contributed by atoms with Crippen molar-refractivity contribution in [3.8, 4) is 5.82 Å². The molecule has 0 fully saturated rings. The molecule has 0 aliphatic rings. The molecule has 0 unspecified atom stereocenters. The third-order valence-corrected chi connectivity index (χ3v) is 4.25. The summed E-state index contributed by atoms with van der Waals surface area (Å²) < 4.78 is 1.57. The lowest BCUT2D eigenvalue weighted by atomic mass is 10.2. The fourth-order valence-corrected chi connectivity index (χ4v) is 2.92. The molecular weight excluding hydrogens is 310 g/mol. The molecule has 0 spiro atoms. The van der Waals surface area contributed by atoms with Gasteiger partial charge in [-0.3, -0.25) is 4.79 Å². The van der Waals surface area contributed by atoms with Gasteiger partial charge in [0.2, 0.25) is 5.91 Å². The standard InChI is InChI=1S/C16H17N5OS/c1-12-7-8-15(20-19-12)21-14(9-10-17-21)18-16(22)6-2-4-13-5-3-11-23-13/h3,5,7-11H,2,4,6H2,1H3,(H,18,22). The molecule has 1 N–H and O–H groups in total. The van der Waals surface area contributed by atoms with Crippen LogP contribution in [0.1, 0.15) is 23.4 Å². The van der Waals surface area contributed by atoms with Gasteiger partial charge in [0.25, 0.3) is 0 Å². The second-order valence-corrected chi connectivity index (χ2v) is 6.17. The molecule has 6 nitrogen and oxygen atoms in total. The first kappa shape index (κ1) is 15.4. The maximum absolute atomic E-state index is 12.1. The number of hydrogen-bond donors (Lipinski definition) is 1. The van der Waals surface area contributed by atoms with Gasteiger partial charge in [-0.15, -0.1) is 16.4 Å². The Morgan fingerprint density at radius 2 is 2.17 bits per heavy atom. The van der Waals surface area contributed by atoms with Gasteiger partial charge in [-0.1, -0.05) is 6.07 Å². The molecule has 0 bridgehead atoms. The largest absolute Gasteiger partial charge is 0.311 e. The highest BCUT2D eigenvalue weighted by Gasteiger charge is 2.10. The van der Waals surface area contributed by atoms with Gasteiger partial charge < -0.3 is 5.32 Å². The Kier molecular flexibility index (Phi) is 4.77. The monoisotopic (exact) mass is 327 g/mol. The summed E-state index contributed by atoms with van der Waals surface area (Å²) in [4.78, 5) is 13.4. The molecule has 3 rings (SSSR count). The van der Waals surface area contributed by atoms with Crippen molar-refractivity contribution in [2.75, 3.05) is 5.32 Å². The minimum atomic E-state index is -0.0247. The third kappa shape index (κ3) is 4.01. The zero-order chi connectivity index (χ0) is 16.1. The molecular formula is C16H17N5OS. The van der Waals surface area contributed by atoms with Crippen LogP contribution in [0.25, 0.3) is 5.82 Å². The Labute approximate surface area is 138 Å². The number of thiophene rings is 1. The highest BCUT2D eigenvalue weighted by molar-refractivity contribution is 7.09. The Morgan fingerprint density at radius 1 is 1.26 bits per heavy atom. The van der Waals surface area contributed by atoms with Crippen LogP contribution in [0.4, 0.5) is 5.82 Å². The Hall–Kier alpha value is -2.54. The zero-order valence-electron chi connectivity index (χ0n) is 12.8. The van der Waals surface area contributed by atoms with E-state index in [-0.39, 0.29) is 5.91 Å². The number of anilines is 1. The van der Waals surface area contributed by atoms with Crippen LogP contribution >= 0.6 is 11.3 Å². The van der Waals surface area contributed by atoms with Crippen molar-refractivity contribution in [2.24, 2.45) is 0 Å². The maximum Gasteiger partial charge on any atom is 0.225 e. The lowest BCUT2D eigenvalue weighted by Crippen LogP contribution is -2.15. The number of carbonyl (C=O) groups excluding carboxylic acids is 1. The normalized spacial score (nSPS) is 10.7. The predicted octanol–water partition coefficient (Wildman–Crippen LogP) is 2.99. The number of amides is 1. The van der Waals surface area contributed by atoms with Crippen molar-refractivity contribution in [1.29, 1.82) is 0 Å². The first-order valence-corrected chi connectivity index (χ1v) is 8.27. The molecule has 0 aromatic carbocycles. The molecule has 0 saturated carbocycles. The van der Waals surface area contributed by atoms with Crippen LogP contribution in [-0.4, -0.2) is 25.9 Å². The topological polar surface area (TPSA) is 72.7 Å². The number of carbonyl (C=O) groups is 1. The van der Waals surface area contributed by atoms with Crippen molar-refractivity contribution in [3.05, 3.63) is 52.5 Å². The summed E-state index contributed by atoms with van der Waals surface area (Å²) in [6, 6.07) is 9.55. The molecule has 3 heterocycles. The molecule has 0 atom stereocenters. The first-order chi connectivity index (χ1) is 11.2. The Morgan fingerprint density at radius 3 is 2.91 bits per heavy atom. The quantitative estimate of drug-likeness (QED) is 0.755. The molecule has 0 radical (unpaired) electrons. The van der Waals surface area contributed by atoms with Gasteiger partial charge in [0.15, 0.2) is 5.82 Å². The van der Waals surface area contributed by atoms with E-state index < -0.39 is 0 Å². The fraction of sp³-hybridized carbons (Fsp3) is 0.250. The van der Waals surface area contributed by atoms with Crippen molar-refractivity contribution in [2.45, 2.75) is 26.2 Å². The van der Waals surface area contributed by atoms with Crippen LogP contribution in [0.3, 0.4) is 0 Å². The second-order valence-electron chi connectivity index (χ2n) is 5.14. The average Bonchev–Trinajstić information content (AvgIpc) is 3.20. The lowest BCUT2D eigenvalue weighted by Gasteiger charge is -2.07. The smallest absolute Gasteiger partial charge is 0.225 e. The van der Waals surface area contributed by atoms with Crippen LogP contribution in [0.5, 0.6) is 0 Å². The summed E-state index contributed by atoms with van der Waals surface area (Å²) in [5.74, 6) is 1.15. The van der Waals surface area contributed by atoms with E-state index in [2.05, 4.69) is 32.1 Å². The first-order valence-electron chi connectivity index (χ1n) is 7.39. The van der Waals surface area contributed by atoms with Gasteiger partial charge in [0.05, 0.1) is 11.9 Å². The predicted molar refractivity (Wildman–Crippen MR) is 89.8 cm³/mol. The van der Waals surface area contributed by atoms with E-state index in [4.69, 9.17) is 0 Å². The molecule has 1 amide bonds. The third-order valence-electron chi connectivity index (χ3n) is 3.32. The molecule has 3 aromatic heterocycles. The van der Waals surface area contributed by atoms with Crippen molar-refractivity contribution in [1.82, 2.24) is 20.0 Å². The van der Waals surface area contributed by atoms with Gasteiger partial charge in [0.1, 0.15) is 5.82 Å². The maximum atomic E-state index is 12.1. The van der Waals surface area contributed by atoms with Gasteiger partial charge >= 0.3 is 0 Å². The van der Waals surface area contributed by atoms with E-state index >= 15 is 0 Å². The van der Waals surface area contributed by atoms with Gasteiger partial charge in [-0.2, -0.15) is 14.9 Å². The van der Waals surface area contributed by atoms with Gasteiger partial charge in [-0.25, -0.2) is 0 Å². The molecule has 118 valence electrons. The summed E-state index contributed by atoms with van der Waals surface area (Å²) >= 11 is 1.72. The highest BCUT2D eigenvalue weighted by atomic mass is 32.1. The van der Waals surface area contributed by atoms with Crippen LogP contribution in [0.2, 0.25) is 0 Å². The van der Waals surface area contributed by atoms with Crippen molar-refractivity contribution < 1.29 is 4.79 Å². The van der Waals surface area contributed by atoms with E-state index in [1.165, 1.54) is 4.88 Å². The molecule has 0 saturated heterocycles. The number of nitrogens with zero attached hydrogens (tertiary/aromatic N) is 4. The molecule has 3 aromatic rings. The van der Waals surface area contributed by atoms with Crippen molar-refractivity contribution >= 4 is 23.1 Å². The van der Waals surface area contributed by atoms with Gasteiger partial charge in [-0.05, 0) is 43.3 Å². The van der Waals surface area contributed by atoms with E-state index in [1.54, 1.807) is 28.3 Å². The summed E-state index contributed by atoms with van der Waals surface area (Å²) in [7, 11) is 0. The molecule has 23 heavy (non-hydrogen) atoms. The number of aryl methyl sites for hydroxylation is 2. The minimum absolute atomic E-state index is 0.0247. The minimum Gasteiger partial charge on any atom is -0.311 e. The van der Waals surface area contributed by atoms with Crippen LogP contribution < -0.4 is 5.32 Å². The number of aromatic nitrogens is 4. The SMILES string of the molecule is Cc1ccc(-n2nccc2NC(=O)CCCc2cccs2)nn1. The summed E-state index contributed by atoms with van der Waals surface area (Å²) in [6.07, 6.45) is 3.85.